The molecule has 1 heterocycles. The molecule has 3 N–H and O–H groups in total. The Morgan fingerprint density at radius 1 is 1.07 bits per heavy atom. The molecule has 4 amide bonds. The Labute approximate surface area is 255 Å². The van der Waals surface area contributed by atoms with Crippen LogP contribution in [0.1, 0.15) is 68.2 Å². The summed E-state index contributed by atoms with van der Waals surface area (Å²) in [5, 5.41) is 5.51. The second-order valence-corrected chi connectivity index (χ2v) is 15.6. The molecule has 1 aliphatic carbocycles. The minimum Gasteiger partial charge on any atom is -0.444 e. The van der Waals surface area contributed by atoms with E-state index >= 15 is 0 Å². The van der Waals surface area contributed by atoms with E-state index in [4.69, 9.17) is 4.74 Å². The zero-order valence-corrected chi connectivity index (χ0v) is 27.2. The van der Waals surface area contributed by atoms with Crippen molar-refractivity contribution in [2.24, 2.45) is 23.2 Å². The van der Waals surface area contributed by atoms with Crippen molar-refractivity contribution < 1.29 is 32.3 Å². The van der Waals surface area contributed by atoms with Crippen LogP contribution in [0.15, 0.2) is 47.9 Å². The normalized spacial score (nSPS) is 24.6. The van der Waals surface area contributed by atoms with Crippen molar-refractivity contribution in [2.75, 3.05) is 6.54 Å². The van der Waals surface area contributed by atoms with Gasteiger partial charge in [0.1, 0.15) is 23.2 Å². The van der Waals surface area contributed by atoms with Crippen LogP contribution in [-0.2, 0) is 29.1 Å². The number of rotatable bonds is 9. The molecule has 11 nitrogen and oxygen atoms in total. The molecule has 12 heteroatoms. The van der Waals surface area contributed by atoms with Crippen molar-refractivity contribution in [1.29, 1.82) is 0 Å². The second kappa shape index (κ2) is 12.3. The maximum Gasteiger partial charge on any atom is 0.408 e. The molecule has 2 fully saturated rings. The van der Waals surface area contributed by atoms with Crippen LogP contribution in [0, 0.1) is 23.2 Å². The SMILES string of the molecule is C=C[C@@H]1C[C@]1(NC(=O)[C@@H]1C(C(C)C)CCN1C(=O)[C@@H](NC(=O)OC(C)(C)C)C(C)(C)C)C(=O)NS(=O)(=O)c1ccccc1. The second-order valence-electron chi connectivity index (χ2n) is 13.9. The van der Waals surface area contributed by atoms with E-state index < -0.39 is 68.4 Å². The Bertz CT molecular complexity index is 1350. The molecular formula is C31H46N4O7S. The average molecular weight is 619 g/mol. The Morgan fingerprint density at radius 3 is 2.16 bits per heavy atom. The maximum atomic E-state index is 14.1. The predicted octanol–water partition coefficient (Wildman–Crippen LogP) is 3.36. The summed E-state index contributed by atoms with van der Waals surface area (Å²) in [5.41, 5.74) is -3.02. The number of hydrogen-bond acceptors (Lipinski definition) is 7. The van der Waals surface area contributed by atoms with Crippen LogP contribution in [0.25, 0.3) is 0 Å². The summed E-state index contributed by atoms with van der Waals surface area (Å²) >= 11 is 0. The molecule has 3 rings (SSSR count). The van der Waals surface area contributed by atoms with E-state index in [9.17, 15) is 27.6 Å². The number of nitrogens with one attached hydrogen (secondary N) is 3. The number of carbonyl (C=O) groups is 4. The van der Waals surface area contributed by atoms with Crippen molar-refractivity contribution in [3.8, 4) is 0 Å². The highest BCUT2D eigenvalue weighted by atomic mass is 32.2. The third-order valence-corrected chi connectivity index (χ3v) is 9.30. The highest BCUT2D eigenvalue weighted by Crippen LogP contribution is 2.45. The lowest BCUT2D eigenvalue weighted by molar-refractivity contribution is -0.144. The van der Waals surface area contributed by atoms with E-state index in [0.717, 1.165) is 0 Å². The molecule has 1 saturated heterocycles. The number of benzene rings is 1. The van der Waals surface area contributed by atoms with Crippen molar-refractivity contribution in [2.45, 2.75) is 96.4 Å². The van der Waals surface area contributed by atoms with Gasteiger partial charge in [-0.05, 0) is 63.0 Å². The van der Waals surface area contributed by atoms with Gasteiger partial charge in [0, 0.05) is 12.5 Å². The zero-order valence-electron chi connectivity index (χ0n) is 26.4. The van der Waals surface area contributed by atoms with Gasteiger partial charge < -0.3 is 20.3 Å². The Hall–Kier alpha value is -3.41. The number of amides is 4. The summed E-state index contributed by atoms with van der Waals surface area (Å²) < 4.78 is 33.3. The topological polar surface area (TPSA) is 151 Å². The van der Waals surface area contributed by atoms with Crippen LogP contribution in [0.5, 0.6) is 0 Å². The van der Waals surface area contributed by atoms with Crippen molar-refractivity contribution in [1.82, 2.24) is 20.3 Å². The Morgan fingerprint density at radius 2 is 1.67 bits per heavy atom. The lowest BCUT2D eigenvalue weighted by Crippen LogP contribution is -2.61. The summed E-state index contributed by atoms with van der Waals surface area (Å²) in [7, 11) is -4.19. The van der Waals surface area contributed by atoms with E-state index in [1.54, 1.807) is 39.0 Å². The molecule has 43 heavy (non-hydrogen) atoms. The van der Waals surface area contributed by atoms with Gasteiger partial charge in [-0.1, -0.05) is 58.9 Å². The van der Waals surface area contributed by atoms with Gasteiger partial charge in [0.15, 0.2) is 0 Å². The number of sulfonamides is 1. The van der Waals surface area contributed by atoms with Gasteiger partial charge in [0.25, 0.3) is 15.9 Å². The largest absolute Gasteiger partial charge is 0.444 e. The molecule has 0 aromatic heterocycles. The Balaban J connectivity index is 1.89. The first kappa shape index (κ1) is 34.1. The third kappa shape index (κ3) is 7.76. The smallest absolute Gasteiger partial charge is 0.408 e. The predicted molar refractivity (Wildman–Crippen MR) is 162 cm³/mol. The molecule has 0 spiro atoms. The van der Waals surface area contributed by atoms with Gasteiger partial charge in [-0.2, -0.15) is 0 Å². The van der Waals surface area contributed by atoms with Crippen LogP contribution in [0.4, 0.5) is 4.79 Å². The molecule has 1 unspecified atom stereocenters. The summed E-state index contributed by atoms with van der Waals surface area (Å²) in [5.74, 6) is -2.60. The molecule has 238 valence electrons. The van der Waals surface area contributed by atoms with Gasteiger partial charge in [-0.3, -0.25) is 14.4 Å². The monoisotopic (exact) mass is 618 g/mol. The fraction of sp³-hybridized carbons (Fsp3) is 0.613. The van der Waals surface area contributed by atoms with Gasteiger partial charge in [0.05, 0.1) is 4.90 Å². The van der Waals surface area contributed by atoms with E-state index in [2.05, 4.69) is 21.9 Å². The number of carbonyl (C=O) groups excluding carboxylic acids is 4. The maximum absolute atomic E-state index is 14.1. The molecule has 2 aliphatic rings. The van der Waals surface area contributed by atoms with Crippen LogP contribution >= 0.6 is 0 Å². The quantitative estimate of drug-likeness (QED) is 0.359. The molecule has 0 radical (unpaired) electrons. The first-order valence-corrected chi connectivity index (χ1v) is 16.1. The Kier molecular flexibility index (Phi) is 9.75. The molecule has 5 atom stereocenters. The number of likely N-dealkylation sites (tertiary alicyclic amines) is 1. The first-order valence-electron chi connectivity index (χ1n) is 14.6. The number of ether oxygens (including phenoxy) is 1. The fourth-order valence-electron chi connectivity index (χ4n) is 5.54. The van der Waals surface area contributed by atoms with Crippen molar-refractivity contribution >= 4 is 33.8 Å². The highest BCUT2D eigenvalue weighted by molar-refractivity contribution is 7.90. The average Bonchev–Trinajstić information content (AvgIpc) is 3.41. The number of alkyl carbamates (subject to hydrolysis) is 1. The van der Waals surface area contributed by atoms with Gasteiger partial charge >= 0.3 is 6.09 Å². The zero-order chi connectivity index (χ0) is 32.5. The summed E-state index contributed by atoms with van der Waals surface area (Å²) in [6, 6.07) is 5.53. The van der Waals surface area contributed by atoms with Crippen LogP contribution < -0.4 is 15.4 Å². The lowest BCUT2D eigenvalue weighted by atomic mass is 9.84. The van der Waals surface area contributed by atoms with Crippen LogP contribution in [0.2, 0.25) is 0 Å². The van der Waals surface area contributed by atoms with E-state index in [1.807, 2.05) is 34.6 Å². The summed E-state index contributed by atoms with van der Waals surface area (Å²) in [6.45, 7) is 18.5. The summed E-state index contributed by atoms with van der Waals surface area (Å²) in [4.78, 5) is 55.6. The summed E-state index contributed by atoms with van der Waals surface area (Å²) in [6.07, 6.45) is 1.46. The highest BCUT2D eigenvalue weighted by Gasteiger charge is 2.62. The van der Waals surface area contributed by atoms with Crippen LogP contribution in [-0.4, -0.2) is 66.9 Å². The first-order chi connectivity index (χ1) is 19.7. The van der Waals surface area contributed by atoms with Crippen molar-refractivity contribution in [3.63, 3.8) is 0 Å². The molecule has 0 bridgehead atoms. The number of hydrogen-bond donors (Lipinski definition) is 3. The molecule has 1 aromatic rings. The molecular weight excluding hydrogens is 572 g/mol. The van der Waals surface area contributed by atoms with Crippen LogP contribution in [0.3, 0.4) is 0 Å². The minimum absolute atomic E-state index is 0.0121. The molecule has 1 aliphatic heterocycles. The van der Waals surface area contributed by atoms with E-state index in [-0.39, 0.29) is 29.7 Å². The van der Waals surface area contributed by atoms with E-state index in [1.165, 1.54) is 23.1 Å². The van der Waals surface area contributed by atoms with Crippen molar-refractivity contribution in [3.05, 3.63) is 43.0 Å². The molecule has 1 saturated carbocycles. The van der Waals surface area contributed by atoms with Gasteiger partial charge in [-0.25, -0.2) is 17.9 Å². The molecule has 1 aromatic carbocycles. The van der Waals surface area contributed by atoms with Gasteiger partial charge in [-0.15, -0.1) is 6.58 Å². The lowest BCUT2D eigenvalue weighted by Gasteiger charge is -2.37. The third-order valence-electron chi connectivity index (χ3n) is 7.96. The van der Waals surface area contributed by atoms with Gasteiger partial charge in [0.2, 0.25) is 11.8 Å². The fourth-order valence-corrected chi connectivity index (χ4v) is 6.60. The number of nitrogens with zero attached hydrogens (tertiary/aromatic N) is 1. The van der Waals surface area contributed by atoms with E-state index in [0.29, 0.717) is 6.42 Å². The minimum atomic E-state index is -4.19. The standard InChI is InChI=1S/C31H46N4O7S/c1-10-20-18-31(20,27(38)34-43(40,41)21-14-12-11-13-15-21)33-25(36)23-22(19(2)3)16-17-35(23)26(37)24(29(4,5)6)32-28(39)42-30(7,8)9/h10-15,19-20,22-24H,1,16-18H2,2-9H3,(H,32,39)(H,33,36)(H,34,38)/t20-,22?,23+,24-,31-/m1/s1.